The number of fused-ring (bicyclic) bond motifs is 1. The van der Waals surface area contributed by atoms with E-state index < -0.39 is 11.6 Å². The summed E-state index contributed by atoms with van der Waals surface area (Å²) in [7, 11) is 0. The molecule has 3 rings (SSSR count). The molecule has 1 aromatic carbocycles. The Kier molecular flexibility index (Phi) is 3.70. The first-order valence-electron chi connectivity index (χ1n) is 7.08. The minimum absolute atomic E-state index is 0.00551. The van der Waals surface area contributed by atoms with E-state index in [2.05, 4.69) is 5.32 Å². The molecule has 2 unspecified atom stereocenters. The number of hydrogen-bond donors (Lipinski definition) is 1. The first-order valence-corrected chi connectivity index (χ1v) is 7.08. The summed E-state index contributed by atoms with van der Waals surface area (Å²) in [6.07, 6.45) is 2.30. The van der Waals surface area contributed by atoms with Crippen molar-refractivity contribution in [3.63, 3.8) is 0 Å². The zero-order valence-electron chi connectivity index (χ0n) is 11.2. The summed E-state index contributed by atoms with van der Waals surface area (Å²) in [5.41, 5.74) is 0.263. The van der Waals surface area contributed by atoms with Crippen LogP contribution in [0.5, 0.6) is 0 Å². The van der Waals surface area contributed by atoms with Crippen molar-refractivity contribution in [1.29, 1.82) is 0 Å². The Morgan fingerprint density at radius 2 is 2.20 bits per heavy atom. The van der Waals surface area contributed by atoms with Gasteiger partial charge in [0.25, 0.3) is 0 Å². The van der Waals surface area contributed by atoms with Crippen LogP contribution in [0.2, 0.25) is 0 Å². The third kappa shape index (κ3) is 2.68. The molecule has 2 aliphatic heterocycles. The molecule has 1 aromatic rings. The Balaban J connectivity index is 1.65. The monoisotopic (exact) mass is 280 g/mol. The lowest BCUT2D eigenvalue weighted by molar-refractivity contribution is -0.129. The lowest BCUT2D eigenvalue weighted by Gasteiger charge is -2.24. The molecule has 2 saturated heterocycles. The Bertz CT molecular complexity index is 507. The van der Waals surface area contributed by atoms with Crippen LogP contribution in [-0.2, 0) is 11.2 Å². The van der Waals surface area contributed by atoms with Crippen molar-refractivity contribution < 1.29 is 13.6 Å². The van der Waals surface area contributed by atoms with Crippen molar-refractivity contribution >= 4 is 5.91 Å². The van der Waals surface area contributed by atoms with Crippen molar-refractivity contribution in [3.05, 3.63) is 35.4 Å². The van der Waals surface area contributed by atoms with Gasteiger partial charge in [-0.25, -0.2) is 8.78 Å². The second-order valence-corrected chi connectivity index (χ2v) is 5.67. The summed E-state index contributed by atoms with van der Waals surface area (Å²) in [6, 6.07) is 3.75. The Hall–Kier alpha value is -1.49. The molecule has 0 radical (unpaired) electrons. The molecule has 2 atom stereocenters. The molecule has 1 amide bonds. The van der Waals surface area contributed by atoms with Gasteiger partial charge < -0.3 is 10.2 Å². The fourth-order valence-corrected chi connectivity index (χ4v) is 3.19. The van der Waals surface area contributed by atoms with Crippen LogP contribution in [0.15, 0.2) is 18.2 Å². The van der Waals surface area contributed by atoms with Crippen LogP contribution in [-0.4, -0.2) is 36.5 Å². The quantitative estimate of drug-likeness (QED) is 0.894. The fraction of sp³-hybridized carbons (Fsp3) is 0.533. The highest BCUT2D eigenvalue weighted by molar-refractivity contribution is 5.79. The molecule has 2 heterocycles. The third-order valence-electron chi connectivity index (χ3n) is 4.31. The van der Waals surface area contributed by atoms with Crippen molar-refractivity contribution in [2.24, 2.45) is 5.92 Å². The van der Waals surface area contributed by atoms with Gasteiger partial charge in [0.1, 0.15) is 11.6 Å². The van der Waals surface area contributed by atoms with E-state index in [-0.39, 0.29) is 17.9 Å². The van der Waals surface area contributed by atoms with Crippen LogP contribution in [0.4, 0.5) is 8.78 Å². The van der Waals surface area contributed by atoms with Gasteiger partial charge in [-0.2, -0.15) is 0 Å². The van der Waals surface area contributed by atoms with Crippen molar-refractivity contribution in [2.75, 3.05) is 19.6 Å². The van der Waals surface area contributed by atoms with Gasteiger partial charge in [-0.05, 0) is 36.9 Å². The van der Waals surface area contributed by atoms with E-state index in [4.69, 9.17) is 0 Å². The Morgan fingerprint density at radius 3 is 2.95 bits per heavy atom. The maximum absolute atomic E-state index is 13.6. The molecular weight excluding hydrogens is 262 g/mol. The summed E-state index contributed by atoms with van der Waals surface area (Å²) >= 11 is 0. The van der Waals surface area contributed by atoms with E-state index in [0.717, 1.165) is 32.0 Å². The predicted octanol–water partition coefficient (Wildman–Crippen LogP) is 1.72. The maximum atomic E-state index is 13.6. The number of rotatable bonds is 2. The maximum Gasteiger partial charge on any atom is 0.227 e. The van der Waals surface area contributed by atoms with Crippen LogP contribution in [0.1, 0.15) is 18.4 Å². The average molecular weight is 280 g/mol. The van der Waals surface area contributed by atoms with E-state index in [0.29, 0.717) is 18.5 Å². The van der Waals surface area contributed by atoms with Gasteiger partial charge in [0.2, 0.25) is 5.91 Å². The van der Waals surface area contributed by atoms with Crippen LogP contribution < -0.4 is 5.32 Å². The third-order valence-corrected chi connectivity index (χ3v) is 4.31. The summed E-state index contributed by atoms with van der Waals surface area (Å²) in [6.45, 7) is 2.46. The van der Waals surface area contributed by atoms with Crippen molar-refractivity contribution in [2.45, 2.75) is 25.3 Å². The molecular formula is C15H18F2N2O. The molecule has 20 heavy (non-hydrogen) atoms. The number of hydrogen-bond acceptors (Lipinski definition) is 2. The molecule has 2 fully saturated rings. The highest BCUT2D eigenvalue weighted by atomic mass is 19.1. The number of carbonyl (C=O) groups excluding carboxylic acids is 1. The normalized spacial score (nSPS) is 25.6. The van der Waals surface area contributed by atoms with Crippen LogP contribution in [0.25, 0.3) is 0 Å². The van der Waals surface area contributed by atoms with E-state index in [1.807, 2.05) is 0 Å². The Morgan fingerprint density at radius 1 is 1.35 bits per heavy atom. The molecule has 1 N–H and O–H groups in total. The van der Waals surface area contributed by atoms with Gasteiger partial charge in [-0.1, -0.05) is 6.07 Å². The predicted molar refractivity (Wildman–Crippen MR) is 71.2 cm³/mol. The minimum Gasteiger partial charge on any atom is -0.340 e. The molecule has 5 heteroatoms. The number of likely N-dealkylation sites (tertiary alicyclic amines) is 1. The highest BCUT2D eigenvalue weighted by Crippen LogP contribution is 2.25. The standard InChI is InChI=1S/C15H18F2N2O/c16-12-4-3-10(13(17)7-12)6-15(20)19-8-11-2-1-5-18-14(11)9-19/h3-4,7,11,14,18H,1-2,5-6,8-9H2. The van der Waals surface area contributed by atoms with Gasteiger partial charge in [0, 0.05) is 25.2 Å². The highest BCUT2D eigenvalue weighted by Gasteiger charge is 2.36. The van der Waals surface area contributed by atoms with E-state index >= 15 is 0 Å². The van der Waals surface area contributed by atoms with E-state index in [1.165, 1.54) is 12.1 Å². The van der Waals surface area contributed by atoms with Crippen LogP contribution in [0, 0.1) is 17.6 Å². The lowest BCUT2D eigenvalue weighted by atomic mass is 9.94. The number of halogens is 2. The zero-order chi connectivity index (χ0) is 14.1. The number of nitrogens with zero attached hydrogens (tertiary/aromatic N) is 1. The number of amides is 1. The summed E-state index contributed by atoms with van der Waals surface area (Å²) in [5, 5.41) is 3.43. The number of carbonyl (C=O) groups is 1. The van der Waals surface area contributed by atoms with Crippen molar-refractivity contribution in [3.8, 4) is 0 Å². The SMILES string of the molecule is O=C(Cc1ccc(F)cc1F)N1CC2CCCNC2C1. The second kappa shape index (κ2) is 5.48. The molecule has 0 spiro atoms. The van der Waals surface area contributed by atoms with Gasteiger partial charge in [-0.15, -0.1) is 0 Å². The molecule has 0 saturated carbocycles. The number of benzene rings is 1. The van der Waals surface area contributed by atoms with Gasteiger partial charge in [0.15, 0.2) is 0 Å². The van der Waals surface area contributed by atoms with Gasteiger partial charge in [0.05, 0.1) is 6.42 Å². The van der Waals surface area contributed by atoms with E-state index in [9.17, 15) is 13.6 Å². The van der Waals surface area contributed by atoms with Crippen LogP contribution in [0.3, 0.4) is 0 Å². The largest absolute Gasteiger partial charge is 0.340 e. The molecule has 3 nitrogen and oxygen atoms in total. The molecule has 0 aliphatic carbocycles. The van der Waals surface area contributed by atoms with Crippen LogP contribution >= 0.6 is 0 Å². The smallest absolute Gasteiger partial charge is 0.227 e. The zero-order valence-corrected chi connectivity index (χ0v) is 11.2. The molecule has 0 bridgehead atoms. The minimum atomic E-state index is -0.645. The molecule has 108 valence electrons. The molecule has 0 aromatic heterocycles. The van der Waals surface area contributed by atoms with E-state index in [1.54, 1.807) is 4.90 Å². The first-order chi connectivity index (χ1) is 9.63. The topological polar surface area (TPSA) is 32.3 Å². The Labute approximate surface area is 117 Å². The number of piperidine rings is 1. The fourth-order valence-electron chi connectivity index (χ4n) is 3.19. The second-order valence-electron chi connectivity index (χ2n) is 5.67. The average Bonchev–Trinajstić information content (AvgIpc) is 2.86. The first kappa shape index (κ1) is 13.5. The summed E-state index contributed by atoms with van der Waals surface area (Å²) in [5.74, 6) is -0.819. The lowest BCUT2D eigenvalue weighted by Crippen LogP contribution is -2.41. The summed E-state index contributed by atoms with van der Waals surface area (Å²) in [4.78, 5) is 14.0. The van der Waals surface area contributed by atoms with Gasteiger partial charge in [-0.3, -0.25) is 4.79 Å². The summed E-state index contributed by atoms with van der Waals surface area (Å²) < 4.78 is 26.4. The van der Waals surface area contributed by atoms with Gasteiger partial charge >= 0.3 is 0 Å². The molecule has 2 aliphatic rings. The van der Waals surface area contributed by atoms with Crippen molar-refractivity contribution in [1.82, 2.24) is 10.2 Å². The number of nitrogens with one attached hydrogen (secondary N) is 1.